The second kappa shape index (κ2) is 5.90. The van der Waals surface area contributed by atoms with Gasteiger partial charge in [0.15, 0.2) is 0 Å². The van der Waals surface area contributed by atoms with Crippen molar-refractivity contribution < 1.29 is 4.79 Å². The second-order valence-electron chi connectivity index (χ2n) is 6.69. The fraction of sp³-hybridized carbons (Fsp3) is 0.471. The van der Waals surface area contributed by atoms with Gasteiger partial charge in [0, 0.05) is 32.4 Å². The van der Waals surface area contributed by atoms with Gasteiger partial charge in [-0.15, -0.1) is 0 Å². The molecule has 0 aliphatic carbocycles. The molecule has 0 saturated carbocycles. The maximum atomic E-state index is 12.0. The maximum Gasteiger partial charge on any atom is 0.241 e. The molecule has 2 rings (SSSR count). The molecule has 0 aliphatic rings. The van der Waals surface area contributed by atoms with Gasteiger partial charge in [0.2, 0.25) is 5.91 Å². The Bertz CT molecular complexity index is 635. The van der Waals surface area contributed by atoms with Crippen LogP contribution in [0.2, 0.25) is 0 Å². The third-order valence-electron chi connectivity index (χ3n) is 3.49. The molecule has 0 fully saturated rings. The molecule has 4 nitrogen and oxygen atoms in total. The molecule has 0 spiro atoms. The summed E-state index contributed by atoms with van der Waals surface area (Å²) in [4.78, 5) is 13.6. The smallest absolute Gasteiger partial charge is 0.241 e. The van der Waals surface area contributed by atoms with Crippen LogP contribution in [-0.2, 0) is 17.9 Å². The molecular formula is C17H25N3O. The quantitative estimate of drug-likeness (QED) is 0.938. The predicted molar refractivity (Wildman–Crippen MR) is 87.2 cm³/mol. The van der Waals surface area contributed by atoms with Crippen molar-refractivity contribution in [3.05, 3.63) is 36.0 Å². The van der Waals surface area contributed by atoms with Gasteiger partial charge in [-0.2, -0.15) is 0 Å². The van der Waals surface area contributed by atoms with Crippen LogP contribution < -0.4 is 5.32 Å². The summed E-state index contributed by atoms with van der Waals surface area (Å²) >= 11 is 0. The lowest BCUT2D eigenvalue weighted by Gasteiger charge is -2.21. The van der Waals surface area contributed by atoms with Crippen molar-refractivity contribution in [2.45, 2.75) is 39.4 Å². The first-order valence-electron chi connectivity index (χ1n) is 7.30. The molecule has 1 aromatic heterocycles. The first kappa shape index (κ1) is 15.6. The summed E-state index contributed by atoms with van der Waals surface area (Å²) in [5.41, 5.74) is 2.43. The van der Waals surface area contributed by atoms with Crippen LogP contribution >= 0.6 is 0 Å². The maximum absolute atomic E-state index is 12.0. The van der Waals surface area contributed by atoms with E-state index in [1.165, 1.54) is 10.9 Å². The highest BCUT2D eigenvalue weighted by atomic mass is 16.2. The number of amides is 1. The number of hydrogen-bond acceptors (Lipinski definition) is 2. The minimum Gasteiger partial charge on any atom is -0.347 e. The molecule has 1 amide bonds. The van der Waals surface area contributed by atoms with Gasteiger partial charge in [-0.3, -0.25) is 4.79 Å². The summed E-state index contributed by atoms with van der Waals surface area (Å²) in [5, 5.41) is 4.69. The Morgan fingerprint density at radius 2 is 1.95 bits per heavy atom. The van der Waals surface area contributed by atoms with E-state index in [2.05, 4.69) is 50.4 Å². The number of nitrogens with one attached hydrogen (secondary N) is 1. The molecule has 0 bridgehead atoms. The lowest BCUT2D eigenvalue weighted by atomic mass is 10.1. The Labute approximate surface area is 126 Å². The van der Waals surface area contributed by atoms with E-state index < -0.39 is 0 Å². The molecule has 1 aromatic carbocycles. The summed E-state index contributed by atoms with van der Waals surface area (Å²) in [6, 6.07) is 8.35. The molecule has 0 atom stereocenters. The van der Waals surface area contributed by atoms with Gasteiger partial charge in [-0.1, -0.05) is 18.2 Å². The Hall–Kier alpha value is -1.81. The zero-order valence-corrected chi connectivity index (χ0v) is 13.6. The number of aromatic nitrogens is 1. The number of carbonyl (C=O) groups excluding carboxylic acids is 1. The number of fused-ring (bicyclic) bond motifs is 1. The van der Waals surface area contributed by atoms with Gasteiger partial charge in [0.1, 0.15) is 6.54 Å². The van der Waals surface area contributed by atoms with Crippen molar-refractivity contribution in [2.75, 3.05) is 14.1 Å². The molecular weight excluding hydrogens is 262 g/mol. The van der Waals surface area contributed by atoms with Gasteiger partial charge in [0.25, 0.3) is 0 Å². The SMILES string of the molecule is CN(C)C(=O)Cn1ccc2cccc(CNC(C)(C)C)c21. The van der Waals surface area contributed by atoms with E-state index in [9.17, 15) is 4.79 Å². The van der Waals surface area contributed by atoms with Crippen LogP contribution in [0.5, 0.6) is 0 Å². The molecule has 21 heavy (non-hydrogen) atoms. The molecule has 1 N–H and O–H groups in total. The van der Waals surface area contributed by atoms with Crippen LogP contribution in [0, 0.1) is 0 Å². The van der Waals surface area contributed by atoms with Gasteiger partial charge in [-0.25, -0.2) is 0 Å². The average molecular weight is 287 g/mol. The topological polar surface area (TPSA) is 37.3 Å². The first-order valence-corrected chi connectivity index (χ1v) is 7.30. The number of para-hydroxylation sites is 1. The average Bonchev–Trinajstić information content (AvgIpc) is 2.79. The lowest BCUT2D eigenvalue weighted by molar-refractivity contribution is -0.129. The Morgan fingerprint density at radius 3 is 2.57 bits per heavy atom. The zero-order chi connectivity index (χ0) is 15.6. The van der Waals surface area contributed by atoms with Crippen LogP contribution in [0.15, 0.2) is 30.5 Å². The molecule has 0 unspecified atom stereocenters. The minimum absolute atomic E-state index is 0.0685. The van der Waals surface area contributed by atoms with Crippen molar-refractivity contribution in [1.82, 2.24) is 14.8 Å². The van der Waals surface area contributed by atoms with Crippen molar-refractivity contribution in [3.63, 3.8) is 0 Å². The minimum atomic E-state index is 0.0685. The number of rotatable bonds is 4. The highest BCUT2D eigenvalue weighted by Gasteiger charge is 2.13. The summed E-state index contributed by atoms with van der Waals surface area (Å²) in [6.07, 6.45) is 1.99. The monoisotopic (exact) mass is 287 g/mol. The largest absolute Gasteiger partial charge is 0.347 e. The van der Waals surface area contributed by atoms with Gasteiger partial charge in [0.05, 0.1) is 5.52 Å². The van der Waals surface area contributed by atoms with E-state index in [4.69, 9.17) is 0 Å². The predicted octanol–water partition coefficient (Wildman–Crippen LogP) is 2.62. The molecule has 4 heteroatoms. The highest BCUT2D eigenvalue weighted by molar-refractivity contribution is 5.85. The van der Waals surface area contributed by atoms with Crippen molar-refractivity contribution in [3.8, 4) is 0 Å². The lowest BCUT2D eigenvalue weighted by Crippen LogP contribution is -2.35. The van der Waals surface area contributed by atoms with Crippen LogP contribution in [-0.4, -0.2) is 35.0 Å². The van der Waals surface area contributed by atoms with E-state index in [1.54, 1.807) is 19.0 Å². The van der Waals surface area contributed by atoms with Gasteiger partial charge >= 0.3 is 0 Å². The number of hydrogen-bond donors (Lipinski definition) is 1. The van der Waals surface area contributed by atoms with Crippen molar-refractivity contribution >= 4 is 16.8 Å². The Kier molecular flexibility index (Phi) is 4.37. The Morgan fingerprint density at radius 1 is 1.24 bits per heavy atom. The van der Waals surface area contributed by atoms with E-state index in [0.29, 0.717) is 6.54 Å². The van der Waals surface area contributed by atoms with Crippen molar-refractivity contribution in [1.29, 1.82) is 0 Å². The molecule has 0 aliphatic heterocycles. The zero-order valence-electron chi connectivity index (χ0n) is 13.6. The fourth-order valence-electron chi connectivity index (χ4n) is 2.26. The summed E-state index contributed by atoms with van der Waals surface area (Å²) < 4.78 is 2.04. The van der Waals surface area contributed by atoms with E-state index in [0.717, 1.165) is 12.1 Å². The fourth-order valence-corrected chi connectivity index (χ4v) is 2.26. The second-order valence-corrected chi connectivity index (χ2v) is 6.69. The molecule has 1 heterocycles. The normalized spacial score (nSPS) is 11.9. The van der Waals surface area contributed by atoms with Crippen LogP contribution in [0.25, 0.3) is 10.9 Å². The van der Waals surface area contributed by atoms with E-state index in [1.807, 2.05) is 10.8 Å². The third kappa shape index (κ3) is 3.85. The third-order valence-corrected chi connectivity index (χ3v) is 3.49. The highest BCUT2D eigenvalue weighted by Crippen LogP contribution is 2.21. The summed E-state index contributed by atoms with van der Waals surface area (Å²) in [7, 11) is 3.58. The number of carbonyl (C=O) groups is 1. The van der Waals surface area contributed by atoms with Gasteiger partial charge in [-0.05, 0) is 37.8 Å². The van der Waals surface area contributed by atoms with E-state index >= 15 is 0 Å². The summed E-state index contributed by atoms with van der Waals surface area (Å²) in [6.45, 7) is 7.63. The molecule has 114 valence electrons. The van der Waals surface area contributed by atoms with Crippen molar-refractivity contribution in [2.24, 2.45) is 0 Å². The van der Waals surface area contributed by atoms with Gasteiger partial charge < -0.3 is 14.8 Å². The standard InChI is InChI=1S/C17H25N3O/c1-17(2,3)18-11-14-8-6-7-13-9-10-20(16(13)14)12-15(21)19(4)5/h6-10,18H,11-12H2,1-5H3. The molecule has 0 radical (unpaired) electrons. The van der Waals surface area contributed by atoms with Crippen LogP contribution in [0.1, 0.15) is 26.3 Å². The Balaban J connectivity index is 2.33. The molecule has 2 aromatic rings. The first-order chi connectivity index (χ1) is 9.78. The number of benzene rings is 1. The number of likely N-dealkylation sites (N-methyl/N-ethyl adjacent to an activating group) is 1. The van der Waals surface area contributed by atoms with E-state index in [-0.39, 0.29) is 11.4 Å². The number of nitrogens with zero attached hydrogens (tertiary/aromatic N) is 2. The molecule has 0 saturated heterocycles. The van der Waals surface area contributed by atoms with Crippen LogP contribution in [0.3, 0.4) is 0 Å². The van der Waals surface area contributed by atoms with Crippen LogP contribution in [0.4, 0.5) is 0 Å². The summed E-state index contributed by atoms with van der Waals surface area (Å²) in [5.74, 6) is 0.103.